The van der Waals surface area contributed by atoms with Gasteiger partial charge < -0.3 is 9.73 Å². The van der Waals surface area contributed by atoms with Gasteiger partial charge >= 0.3 is 0 Å². The second kappa shape index (κ2) is 5.42. The van der Waals surface area contributed by atoms with Crippen LogP contribution in [0.2, 0.25) is 0 Å². The maximum atomic E-state index is 12.1. The standard InChI is InChI=1S/C14H11BN2O2S/c15-20-14-17-11-8-10(6-7-12(11)19-14)16-13(18)9-4-2-1-3-5-9/h1-8H,15H2,(H,16,18). The second-order valence-electron chi connectivity index (χ2n) is 4.19. The Bertz CT molecular complexity index is 758. The number of aromatic nitrogens is 1. The number of benzene rings is 2. The van der Waals surface area contributed by atoms with Gasteiger partial charge in [0.25, 0.3) is 5.91 Å². The molecule has 0 aliphatic rings. The van der Waals surface area contributed by atoms with Crippen molar-refractivity contribution in [3.8, 4) is 0 Å². The number of hydrogen-bond acceptors (Lipinski definition) is 4. The predicted molar refractivity (Wildman–Crippen MR) is 82.8 cm³/mol. The van der Waals surface area contributed by atoms with Gasteiger partial charge in [-0.25, -0.2) is 4.98 Å². The fraction of sp³-hybridized carbons (Fsp3) is 0. The first-order valence-electron chi connectivity index (χ1n) is 6.07. The SMILES string of the molecule is BSc1nc2cc(NC(=O)c3ccccc3)ccc2o1. The molecule has 3 aromatic rings. The molecule has 0 unspecified atom stereocenters. The van der Waals surface area contributed by atoms with Gasteiger partial charge in [-0.15, -0.1) is 11.6 Å². The van der Waals surface area contributed by atoms with Crippen molar-refractivity contribution in [3.05, 3.63) is 54.1 Å². The van der Waals surface area contributed by atoms with Crippen molar-refractivity contribution in [2.24, 2.45) is 0 Å². The third-order valence-corrected chi connectivity index (χ3v) is 3.36. The van der Waals surface area contributed by atoms with Crippen molar-refractivity contribution < 1.29 is 9.21 Å². The Kier molecular flexibility index (Phi) is 3.47. The number of rotatable bonds is 3. The molecule has 1 heterocycles. The summed E-state index contributed by atoms with van der Waals surface area (Å²) in [6, 6.07) is 14.5. The van der Waals surface area contributed by atoms with Crippen molar-refractivity contribution in [1.82, 2.24) is 4.98 Å². The zero-order valence-corrected chi connectivity index (χ0v) is 11.6. The first-order chi connectivity index (χ1) is 9.76. The lowest BCUT2D eigenvalue weighted by Crippen LogP contribution is -2.11. The van der Waals surface area contributed by atoms with Crippen LogP contribution in [0.3, 0.4) is 0 Å². The molecule has 1 aromatic heterocycles. The average Bonchev–Trinajstić information content (AvgIpc) is 2.90. The van der Waals surface area contributed by atoms with Crippen LogP contribution in [0.25, 0.3) is 11.1 Å². The van der Waals surface area contributed by atoms with Crippen LogP contribution in [0.5, 0.6) is 0 Å². The fourth-order valence-corrected chi connectivity index (χ4v) is 2.23. The second-order valence-corrected chi connectivity index (χ2v) is 4.94. The maximum absolute atomic E-state index is 12.1. The molecular weight excluding hydrogens is 271 g/mol. The molecule has 0 spiro atoms. The summed E-state index contributed by atoms with van der Waals surface area (Å²) >= 11 is 1.45. The Hall–Kier alpha value is -2.21. The molecule has 2 aromatic carbocycles. The van der Waals surface area contributed by atoms with E-state index in [2.05, 4.69) is 10.3 Å². The van der Waals surface area contributed by atoms with E-state index in [1.165, 1.54) is 11.6 Å². The summed E-state index contributed by atoms with van der Waals surface area (Å²) in [6.45, 7) is 0. The highest BCUT2D eigenvalue weighted by Crippen LogP contribution is 2.24. The van der Waals surface area contributed by atoms with Crippen LogP contribution in [0, 0.1) is 0 Å². The Morgan fingerprint density at radius 3 is 2.75 bits per heavy atom. The number of nitrogens with one attached hydrogen (secondary N) is 1. The normalized spacial score (nSPS) is 10.6. The zero-order valence-electron chi connectivity index (χ0n) is 10.8. The van der Waals surface area contributed by atoms with Gasteiger partial charge in [-0.3, -0.25) is 4.79 Å². The topological polar surface area (TPSA) is 55.1 Å². The molecule has 3 rings (SSSR count). The summed E-state index contributed by atoms with van der Waals surface area (Å²) in [5, 5.41) is 3.47. The number of anilines is 1. The summed E-state index contributed by atoms with van der Waals surface area (Å²) in [5.41, 5.74) is 2.78. The van der Waals surface area contributed by atoms with Crippen LogP contribution in [-0.2, 0) is 0 Å². The van der Waals surface area contributed by atoms with E-state index >= 15 is 0 Å². The van der Waals surface area contributed by atoms with Gasteiger partial charge in [0.1, 0.15) is 5.52 Å². The molecule has 0 saturated carbocycles. The fourth-order valence-electron chi connectivity index (χ4n) is 1.86. The van der Waals surface area contributed by atoms with Crippen LogP contribution in [-0.4, -0.2) is 18.0 Å². The van der Waals surface area contributed by atoms with Gasteiger partial charge in [0.2, 0.25) is 5.22 Å². The summed E-state index contributed by atoms with van der Waals surface area (Å²) in [6.07, 6.45) is 0. The van der Waals surface area contributed by atoms with Crippen LogP contribution in [0.4, 0.5) is 5.69 Å². The Morgan fingerprint density at radius 2 is 2.00 bits per heavy atom. The summed E-state index contributed by atoms with van der Waals surface area (Å²) in [5.74, 6) is -0.140. The summed E-state index contributed by atoms with van der Waals surface area (Å²) in [4.78, 5) is 16.4. The largest absolute Gasteiger partial charge is 0.432 e. The lowest BCUT2D eigenvalue weighted by Gasteiger charge is -2.04. The third kappa shape index (κ3) is 2.55. The number of amides is 1. The monoisotopic (exact) mass is 282 g/mol. The Balaban J connectivity index is 1.85. The van der Waals surface area contributed by atoms with Gasteiger partial charge in [0, 0.05) is 11.3 Å². The lowest BCUT2D eigenvalue weighted by molar-refractivity contribution is 0.102. The number of fused-ring (bicyclic) bond motifs is 1. The van der Waals surface area contributed by atoms with Crippen LogP contribution in [0.15, 0.2) is 58.2 Å². The molecule has 0 atom stereocenters. The van der Waals surface area contributed by atoms with Crippen molar-refractivity contribution in [2.75, 3.05) is 5.32 Å². The minimum absolute atomic E-state index is 0.140. The number of hydrogen-bond donors (Lipinski definition) is 1. The number of carbonyl (C=O) groups excluding carboxylic acids is 1. The quantitative estimate of drug-likeness (QED) is 0.750. The number of oxazole rings is 1. The minimum Gasteiger partial charge on any atom is -0.432 e. The van der Waals surface area contributed by atoms with E-state index in [1.54, 1.807) is 24.3 Å². The van der Waals surface area contributed by atoms with Crippen LogP contribution < -0.4 is 5.32 Å². The molecule has 0 radical (unpaired) electrons. The highest BCUT2D eigenvalue weighted by atomic mass is 32.2. The highest BCUT2D eigenvalue weighted by Gasteiger charge is 2.08. The molecule has 20 heavy (non-hydrogen) atoms. The molecule has 98 valence electrons. The molecule has 0 saturated heterocycles. The van der Waals surface area contributed by atoms with Crippen LogP contribution in [0.1, 0.15) is 10.4 Å². The van der Waals surface area contributed by atoms with Crippen molar-refractivity contribution >= 4 is 41.4 Å². The Labute approximate surface area is 120 Å². The summed E-state index contributed by atoms with van der Waals surface area (Å²) in [7, 11) is 1.91. The molecule has 0 bridgehead atoms. The van der Waals surface area contributed by atoms with Crippen molar-refractivity contribution in [2.45, 2.75) is 5.22 Å². The van der Waals surface area contributed by atoms with Gasteiger partial charge in [-0.2, -0.15) is 0 Å². The molecule has 1 N–H and O–H groups in total. The van der Waals surface area contributed by atoms with E-state index in [4.69, 9.17) is 4.42 Å². The van der Waals surface area contributed by atoms with E-state index in [-0.39, 0.29) is 5.91 Å². The molecule has 0 fully saturated rings. The minimum atomic E-state index is -0.140. The Morgan fingerprint density at radius 1 is 1.20 bits per heavy atom. The molecular formula is C14H11BN2O2S. The van der Waals surface area contributed by atoms with Gasteiger partial charge in [-0.05, 0) is 30.3 Å². The van der Waals surface area contributed by atoms with E-state index in [0.717, 1.165) is 5.52 Å². The molecule has 0 aliphatic carbocycles. The molecule has 0 aliphatic heterocycles. The lowest BCUT2D eigenvalue weighted by atomic mass is 10.2. The average molecular weight is 282 g/mol. The molecule has 1 amide bonds. The van der Waals surface area contributed by atoms with Crippen molar-refractivity contribution in [3.63, 3.8) is 0 Å². The van der Waals surface area contributed by atoms with E-state index in [9.17, 15) is 4.79 Å². The predicted octanol–water partition coefficient (Wildman–Crippen LogP) is 2.72. The maximum Gasteiger partial charge on any atom is 0.255 e. The first kappa shape index (κ1) is 12.8. The third-order valence-electron chi connectivity index (χ3n) is 2.84. The molecule has 6 heteroatoms. The van der Waals surface area contributed by atoms with Gasteiger partial charge in [0.05, 0.1) is 0 Å². The first-order valence-corrected chi connectivity index (χ1v) is 7.30. The highest BCUT2D eigenvalue weighted by molar-refractivity contribution is 8.19. The smallest absolute Gasteiger partial charge is 0.255 e. The summed E-state index contributed by atoms with van der Waals surface area (Å²) < 4.78 is 5.50. The number of carbonyl (C=O) groups is 1. The van der Waals surface area contributed by atoms with E-state index in [0.29, 0.717) is 22.1 Å². The van der Waals surface area contributed by atoms with E-state index in [1.807, 2.05) is 31.4 Å². The van der Waals surface area contributed by atoms with Crippen LogP contribution >= 0.6 is 11.6 Å². The van der Waals surface area contributed by atoms with Gasteiger partial charge in [-0.1, -0.05) is 18.2 Å². The van der Waals surface area contributed by atoms with E-state index < -0.39 is 0 Å². The zero-order chi connectivity index (χ0) is 13.9. The number of nitrogens with zero attached hydrogens (tertiary/aromatic N) is 1. The molecule has 4 nitrogen and oxygen atoms in total. The van der Waals surface area contributed by atoms with Gasteiger partial charge in [0.15, 0.2) is 12.7 Å². The van der Waals surface area contributed by atoms with Crippen molar-refractivity contribution in [1.29, 1.82) is 0 Å².